The molecule has 120 valence electrons. The molecule has 2 N–H and O–H groups in total. The van der Waals surface area contributed by atoms with Gasteiger partial charge in [0.1, 0.15) is 0 Å². The molecular weight excluding hydrogens is 284 g/mol. The zero-order valence-electron chi connectivity index (χ0n) is 14.0. The summed E-state index contributed by atoms with van der Waals surface area (Å²) in [6.45, 7) is 6.32. The molecule has 1 fully saturated rings. The molecule has 0 unspecified atom stereocenters. The van der Waals surface area contributed by atoms with Gasteiger partial charge >= 0.3 is 6.03 Å². The molecule has 2 aromatic carbocycles. The number of hydrogen-bond donors (Lipinski definition) is 2. The van der Waals surface area contributed by atoms with E-state index in [-0.39, 0.29) is 11.6 Å². The molecule has 3 heteroatoms. The SMILES string of the molecule is Cc1cccc(C(C)C)c1NC(=O)NC1(c2ccccc2)CC1. The zero-order valence-corrected chi connectivity index (χ0v) is 14.0. The number of anilines is 1. The summed E-state index contributed by atoms with van der Waals surface area (Å²) in [5.41, 5.74) is 4.19. The Balaban J connectivity index is 1.76. The lowest BCUT2D eigenvalue weighted by molar-refractivity contribution is 0.247. The Morgan fingerprint density at radius 1 is 1.04 bits per heavy atom. The van der Waals surface area contributed by atoms with Crippen LogP contribution in [0.25, 0.3) is 0 Å². The predicted octanol–water partition coefficient (Wildman–Crippen LogP) is 4.93. The van der Waals surface area contributed by atoms with Crippen LogP contribution in [0.15, 0.2) is 48.5 Å². The van der Waals surface area contributed by atoms with Crippen LogP contribution in [0, 0.1) is 6.92 Å². The highest BCUT2D eigenvalue weighted by molar-refractivity contribution is 5.92. The molecule has 1 aliphatic rings. The summed E-state index contributed by atoms with van der Waals surface area (Å²) in [6, 6.07) is 16.2. The minimum Gasteiger partial charge on any atom is -0.328 e. The number of para-hydroxylation sites is 1. The molecule has 1 saturated carbocycles. The average Bonchev–Trinajstić information content (AvgIpc) is 3.30. The van der Waals surface area contributed by atoms with Gasteiger partial charge in [-0.2, -0.15) is 0 Å². The minimum absolute atomic E-state index is 0.123. The molecule has 0 aromatic heterocycles. The lowest BCUT2D eigenvalue weighted by atomic mass is 9.98. The first-order chi connectivity index (χ1) is 11.0. The van der Waals surface area contributed by atoms with E-state index in [1.807, 2.05) is 37.3 Å². The number of benzene rings is 2. The first kappa shape index (κ1) is 15.6. The number of hydrogen-bond acceptors (Lipinski definition) is 1. The van der Waals surface area contributed by atoms with Crippen molar-refractivity contribution in [2.75, 3.05) is 5.32 Å². The highest BCUT2D eigenvalue weighted by Crippen LogP contribution is 2.45. The summed E-state index contributed by atoms with van der Waals surface area (Å²) in [5.74, 6) is 0.370. The molecule has 0 aliphatic heterocycles. The topological polar surface area (TPSA) is 41.1 Å². The van der Waals surface area contributed by atoms with E-state index >= 15 is 0 Å². The largest absolute Gasteiger partial charge is 0.328 e. The maximum absolute atomic E-state index is 12.5. The van der Waals surface area contributed by atoms with Gasteiger partial charge in [-0.25, -0.2) is 4.79 Å². The molecule has 0 atom stereocenters. The number of carbonyl (C=O) groups is 1. The van der Waals surface area contributed by atoms with Crippen molar-refractivity contribution in [3.05, 3.63) is 65.2 Å². The van der Waals surface area contributed by atoms with Gasteiger partial charge < -0.3 is 10.6 Å². The third-order valence-electron chi connectivity index (χ3n) is 4.59. The average molecular weight is 308 g/mol. The Hall–Kier alpha value is -2.29. The molecule has 0 spiro atoms. The van der Waals surface area contributed by atoms with Gasteiger partial charge in [0, 0.05) is 5.69 Å². The molecule has 2 aromatic rings. The monoisotopic (exact) mass is 308 g/mol. The summed E-state index contributed by atoms with van der Waals surface area (Å²) in [5, 5.41) is 6.25. The van der Waals surface area contributed by atoms with E-state index in [4.69, 9.17) is 0 Å². The third kappa shape index (κ3) is 3.24. The van der Waals surface area contributed by atoms with Crippen molar-refractivity contribution >= 4 is 11.7 Å². The van der Waals surface area contributed by atoms with Crippen LogP contribution in [0.4, 0.5) is 10.5 Å². The molecule has 0 radical (unpaired) electrons. The first-order valence-corrected chi connectivity index (χ1v) is 8.26. The Labute approximate surface area is 138 Å². The van der Waals surface area contributed by atoms with Crippen LogP contribution in [0.5, 0.6) is 0 Å². The summed E-state index contributed by atoms with van der Waals surface area (Å²) in [4.78, 5) is 12.5. The van der Waals surface area contributed by atoms with Crippen LogP contribution >= 0.6 is 0 Å². The number of aryl methyl sites for hydroxylation is 1. The van der Waals surface area contributed by atoms with E-state index in [0.717, 1.165) is 24.1 Å². The number of amides is 2. The smallest absolute Gasteiger partial charge is 0.319 e. The maximum atomic E-state index is 12.5. The van der Waals surface area contributed by atoms with Crippen LogP contribution in [0.2, 0.25) is 0 Å². The van der Waals surface area contributed by atoms with Gasteiger partial charge in [0.15, 0.2) is 0 Å². The molecule has 1 aliphatic carbocycles. The van der Waals surface area contributed by atoms with Crippen LogP contribution in [0.3, 0.4) is 0 Å². The van der Waals surface area contributed by atoms with E-state index in [1.54, 1.807) is 0 Å². The van der Waals surface area contributed by atoms with Crippen molar-refractivity contribution in [3.8, 4) is 0 Å². The standard InChI is InChI=1S/C20H24N2O/c1-14(2)17-11-7-8-15(3)18(17)21-19(23)22-20(12-13-20)16-9-5-4-6-10-16/h4-11,14H,12-13H2,1-3H3,(H2,21,22,23). The fraction of sp³-hybridized carbons (Fsp3) is 0.350. The van der Waals surface area contributed by atoms with Gasteiger partial charge in [0.2, 0.25) is 0 Å². The van der Waals surface area contributed by atoms with E-state index in [1.165, 1.54) is 11.1 Å². The van der Waals surface area contributed by atoms with Gasteiger partial charge in [-0.3, -0.25) is 0 Å². The van der Waals surface area contributed by atoms with Crippen molar-refractivity contribution in [3.63, 3.8) is 0 Å². The number of urea groups is 1. The summed E-state index contributed by atoms with van der Waals surface area (Å²) < 4.78 is 0. The van der Waals surface area contributed by atoms with E-state index in [0.29, 0.717) is 5.92 Å². The minimum atomic E-state index is -0.188. The normalized spacial score (nSPS) is 15.3. The number of nitrogens with one attached hydrogen (secondary N) is 2. The van der Waals surface area contributed by atoms with Crippen molar-refractivity contribution in [1.82, 2.24) is 5.32 Å². The number of carbonyl (C=O) groups excluding carboxylic acids is 1. The van der Waals surface area contributed by atoms with Crippen molar-refractivity contribution in [2.45, 2.75) is 45.1 Å². The zero-order chi connectivity index (χ0) is 16.4. The van der Waals surface area contributed by atoms with Gasteiger partial charge in [0.05, 0.1) is 5.54 Å². The molecule has 3 nitrogen and oxygen atoms in total. The van der Waals surface area contributed by atoms with Gasteiger partial charge in [-0.05, 0) is 42.4 Å². The van der Waals surface area contributed by atoms with Crippen LogP contribution in [-0.2, 0) is 5.54 Å². The number of rotatable bonds is 4. The lowest BCUT2D eigenvalue weighted by Crippen LogP contribution is -2.38. The fourth-order valence-electron chi connectivity index (χ4n) is 3.07. The maximum Gasteiger partial charge on any atom is 0.319 e. The van der Waals surface area contributed by atoms with E-state index in [9.17, 15) is 4.79 Å². The molecule has 0 heterocycles. The van der Waals surface area contributed by atoms with Crippen LogP contribution < -0.4 is 10.6 Å². The second-order valence-electron chi connectivity index (χ2n) is 6.72. The summed E-state index contributed by atoms with van der Waals surface area (Å²) >= 11 is 0. The third-order valence-corrected chi connectivity index (χ3v) is 4.59. The van der Waals surface area contributed by atoms with Crippen molar-refractivity contribution < 1.29 is 4.79 Å². The molecule has 3 rings (SSSR count). The molecule has 23 heavy (non-hydrogen) atoms. The lowest BCUT2D eigenvalue weighted by Gasteiger charge is -2.21. The Bertz CT molecular complexity index is 703. The van der Waals surface area contributed by atoms with Crippen LogP contribution in [-0.4, -0.2) is 6.03 Å². The highest BCUT2D eigenvalue weighted by atomic mass is 16.2. The molecule has 2 amide bonds. The fourth-order valence-corrected chi connectivity index (χ4v) is 3.07. The first-order valence-electron chi connectivity index (χ1n) is 8.26. The Morgan fingerprint density at radius 2 is 1.74 bits per heavy atom. The second kappa shape index (κ2) is 6.07. The van der Waals surface area contributed by atoms with Gasteiger partial charge in [0.25, 0.3) is 0 Å². The molecular formula is C20H24N2O. The predicted molar refractivity (Wildman–Crippen MR) is 94.8 cm³/mol. The van der Waals surface area contributed by atoms with Crippen molar-refractivity contribution in [1.29, 1.82) is 0 Å². The Kier molecular flexibility index (Phi) is 4.12. The van der Waals surface area contributed by atoms with Crippen LogP contribution in [0.1, 0.15) is 49.3 Å². The summed E-state index contributed by atoms with van der Waals surface area (Å²) in [7, 11) is 0. The molecule has 0 saturated heterocycles. The van der Waals surface area contributed by atoms with Gasteiger partial charge in [-0.15, -0.1) is 0 Å². The van der Waals surface area contributed by atoms with Gasteiger partial charge in [-0.1, -0.05) is 62.4 Å². The highest BCUT2D eigenvalue weighted by Gasteiger charge is 2.45. The summed E-state index contributed by atoms with van der Waals surface area (Å²) in [6.07, 6.45) is 1.99. The van der Waals surface area contributed by atoms with Crippen molar-refractivity contribution in [2.24, 2.45) is 0 Å². The second-order valence-corrected chi connectivity index (χ2v) is 6.72. The van der Waals surface area contributed by atoms with E-state index < -0.39 is 0 Å². The molecule has 0 bridgehead atoms. The van der Waals surface area contributed by atoms with E-state index in [2.05, 4.69) is 42.7 Å². The quantitative estimate of drug-likeness (QED) is 0.826. The Morgan fingerprint density at radius 3 is 2.35 bits per heavy atom.